The van der Waals surface area contributed by atoms with Gasteiger partial charge in [0, 0.05) is 24.4 Å². The molecule has 1 N–H and O–H groups in total. The van der Waals surface area contributed by atoms with Crippen molar-refractivity contribution in [2.75, 3.05) is 19.4 Å². The summed E-state index contributed by atoms with van der Waals surface area (Å²) in [6.45, 7) is 4.03. The van der Waals surface area contributed by atoms with Crippen LogP contribution in [0.5, 0.6) is 11.5 Å². The number of tetrazole rings is 1. The van der Waals surface area contributed by atoms with Crippen molar-refractivity contribution < 1.29 is 9.47 Å². The quantitative estimate of drug-likeness (QED) is 0.261. The van der Waals surface area contributed by atoms with Gasteiger partial charge in [-0.2, -0.15) is 4.68 Å². The van der Waals surface area contributed by atoms with Crippen LogP contribution in [0.2, 0.25) is 0 Å². The third kappa shape index (κ3) is 6.12. The first-order valence-corrected chi connectivity index (χ1v) is 11.7. The van der Waals surface area contributed by atoms with E-state index in [0.29, 0.717) is 13.2 Å². The molecule has 0 aliphatic heterocycles. The Bertz CT molecular complexity index is 1150. The second-order valence-electron chi connectivity index (χ2n) is 7.46. The number of methoxy groups -OCH3 is 1. The molecule has 4 rings (SSSR count). The number of hydrogen-bond acceptors (Lipinski definition) is 7. The highest BCUT2D eigenvalue weighted by atomic mass is 32.2. The summed E-state index contributed by atoms with van der Waals surface area (Å²) in [5.41, 5.74) is 4.36. The lowest BCUT2D eigenvalue weighted by molar-refractivity contribution is 0.280. The zero-order valence-electron chi connectivity index (χ0n) is 18.8. The second-order valence-corrected chi connectivity index (χ2v) is 8.52. The van der Waals surface area contributed by atoms with Crippen LogP contribution in [0.25, 0.3) is 5.69 Å². The first kappa shape index (κ1) is 22.8. The Morgan fingerprint density at radius 1 is 0.970 bits per heavy atom. The van der Waals surface area contributed by atoms with Gasteiger partial charge in [0.1, 0.15) is 6.61 Å². The van der Waals surface area contributed by atoms with Crippen LogP contribution < -0.4 is 14.8 Å². The summed E-state index contributed by atoms with van der Waals surface area (Å²) in [6, 6.07) is 24.2. The van der Waals surface area contributed by atoms with Crippen LogP contribution >= 0.6 is 11.8 Å². The normalized spacial score (nSPS) is 10.8. The molecular weight excluding hydrogens is 434 g/mol. The topological polar surface area (TPSA) is 74.1 Å². The van der Waals surface area contributed by atoms with Gasteiger partial charge < -0.3 is 14.8 Å². The third-order valence-electron chi connectivity index (χ3n) is 5.05. The molecule has 0 atom stereocenters. The monoisotopic (exact) mass is 461 g/mol. The fraction of sp³-hybridized carbons (Fsp3) is 0.240. The highest BCUT2D eigenvalue weighted by Gasteiger charge is 2.12. The maximum atomic E-state index is 6.17. The molecule has 0 bridgehead atoms. The van der Waals surface area contributed by atoms with Gasteiger partial charge >= 0.3 is 0 Å². The maximum Gasteiger partial charge on any atom is 0.214 e. The Hall–Kier alpha value is -3.36. The minimum atomic E-state index is 0.492. The van der Waals surface area contributed by atoms with E-state index >= 15 is 0 Å². The number of aryl methyl sites for hydroxylation is 1. The number of aromatic nitrogens is 4. The molecule has 0 radical (unpaired) electrons. The number of nitrogens with one attached hydrogen (secondary N) is 1. The lowest BCUT2D eigenvalue weighted by atomic mass is 10.1. The van der Waals surface area contributed by atoms with E-state index in [9.17, 15) is 0 Å². The minimum Gasteiger partial charge on any atom is -0.493 e. The van der Waals surface area contributed by atoms with E-state index in [1.165, 1.54) is 5.56 Å². The van der Waals surface area contributed by atoms with Crippen LogP contribution in [-0.2, 0) is 13.2 Å². The molecule has 0 saturated heterocycles. The summed E-state index contributed by atoms with van der Waals surface area (Å²) >= 11 is 1.61. The van der Waals surface area contributed by atoms with Crippen LogP contribution in [0.1, 0.15) is 16.7 Å². The fourth-order valence-electron chi connectivity index (χ4n) is 3.30. The minimum absolute atomic E-state index is 0.492. The predicted molar refractivity (Wildman–Crippen MR) is 130 cm³/mol. The molecule has 3 aromatic carbocycles. The zero-order valence-corrected chi connectivity index (χ0v) is 19.6. The molecule has 170 valence electrons. The van der Waals surface area contributed by atoms with E-state index < -0.39 is 0 Å². The molecule has 0 unspecified atom stereocenters. The van der Waals surface area contributed by atoms with Crippen LogP contribution in [0.3, 0.4) is 0 Å². The van der Waals surface area contributed by atoms with Crippen molar-refractivity contribution in [1.82, 2.24) is 25.5 Å². The second kappa shape index (κ2) is 11.5. The number of hydrogen-bond donors (Lipinski definition) is 1. The lowest BCUT2D eigenvalue weighted by Crippen LogP contribution is -2.17. The standard InChI is InChI=1S/C25H27N5O2S/c1-19-11-13-20(14-12-19)18-32-24-21(7-6-10-23(24)31-2)17-26-15-16-33-25-27-28-29-30(25)22-8-4-3-5-9-22/h3-14,26H,15-18H2,1-2H3. The molecule has 0 aliphatic carbocycles. The van der Waals surface area contributed by atoms with Crippen molar-refractivity contribution in [1.29, 1.82) is 0 Å². The Morgan fingerprint density at radius 3 is 2.58 bits per heavy atom. The molecule has 1 aromatic heterocycles. The molecule has 4 aromatic rings. The van der Waals surface area contributed by atoms with E-state index in [4.69, 9.17) is 9.47 Å². The van der Waals surface area contributed by atoms with Gasteiger partial charge in [0.15, 0.2) is 11.5 Å². The summed E-state index contributed by atoms with van der Waals surface area (Å²) in [5.74, 6) is 2.34. The number of ether oxygens (including phenoxy) is 2. The van der Waals surface area contributed by atoms with E-state index in [2.05, 4.69) is 58.1 Å². The van der Waals surface area contributed by atoms with Gasteiger partial charge in [0.2, 0.25) is 5.16 Å². The lowest BCUT2D eigenvalue weighted by Gasteiger charge is -2.16. The van der Waals surface area contributed by atoms with Crippen molar-refractivity contribution in [3.63, 3.8) is 0 Å². The highest BCUT2D eigenvalue weighted by Crippen LogP contribution is 2.32. The number of para-hydroxylation sites is 2. The number of benzene rings is 3. The first-order valence-electron chi connectivity index (χ1n) is 10.8. The molecule has 33 heavy (non-hydrogen) atoms. The van der Waals surface area contributed by atoms with Gasteiger partial charge in [-0.1, -0.05) is 71.9 Å². The molecule has 7 nitrogen and oxygen atoms in total. The number of rotatable bonds is 11. The van der Waals surface area contributed by atoms with E-state index in [-0.39, 0.29) is 0 Å². The Morgan fingerprint density at radius 2 is 1.79 bits per heavy atom. The third-order valence-corrected chi connectivity index (χ3v) is 5.97. The van der Waals surface area contributed by atoms with Crippen molar-refractivity contribution in [2.45, 2.75) is 25.2 Å². The fourth-order valence-corrected chi connectivity index (χ4v) is 4.09. The average molecular weight is 462 g/mol. The Balaban J connectivity index is 1.31. The van der Waals surface area contributed by atoms with E-state index in [1.807, 2.05) is 42.5 Å². The van der Waals surface area contributed by atoms with Crippen molar-refractivity contribution >= 4 is 11.8 Å². The maximum absolute atomic E-state index is 6.17. The molecule has 0 spiro atoms. The number of thioether (sulfide) groups is 1. The zero-order chi connectivity index (χ0) is 22.9. The van der Waals surface area contributed by atoms with Gasteiger partial charge in [-0.25, -0.2) is 0 Å². The summed E-state index contributed by atoms with van der Waals surface area (Å²) in [7, 11) is 1.67. The summed E-state index contributed by atoms with van der Waals surface area (Å²) in [6.07, 6.45) is 0. The van der Waals surface area contributed by atoms with Gasteiger partial charge in [0.25, 0.3) is 0 Å². The molecule has 0 saturated carbocycles. The average Bonchev–Trinajstić information content (AvgIpc) is 3.33. The summed E-state index contributed by atoms with van der Waals surface area (Å²) in [4.78, 5) is 0. The summed E-state index contributed by atoms with van der Waals surface area (Å²) in [5, 5.41) is 16.3. The molecule has 8 heteroatoms. The highest BCUT2D eigenvalue weighted by molar-refractivity contribution is 7.99. The molecular formula is C25H27N5O2S. The van der Waals surface area contributed by atoms with Gasteiger partial charge in [0.05, 0.1) is 12.8 Å². The van der Waals surface area contributed by atoms with Crippen molar-refractivity contribution in [3.05, 3.63) is 89.5 Å². The Kier molecular flexibility index (Phi) is 7.94. The first-order chi connectivity index (χ1) is 16.2. The number of nitrogens with zero attached hydrogens (tertiary/aromatic N) is 4. The predicted octanol–water partition coefficient (Wildman–Crippen LogP) is 4.44. The molecule has 0 aliphatic rings. The van der Waals surface area contributed by atoms with Crippen LogP contribution in [-0.4, -0.2) is 39.6 Å². The van der Waals surface area contributed by atoms with Gasteiger partial charge in [-0.15, -0.1) is 5.10 Å². The smallest absolute Gasteiger partial charge is 0.214 e. The van der Waals surface area contributed by atoms with Crippen molar-refractivity contribution in [2.24, 2.45) is 0 Å². The van der Waals surface area contributed by atoms with Crippen molar-refractivity contribution in [3.8, 4) is 17.2 Å². The summed E-state index contributed by atoms with van der Waals surface area (Å²) < 4.78 is 13.5. The SMILES string of the molecule is COc1cccc(CNCCSc2nnnn2-c2ccccc2)c1OCc1ccc(C)cc1. The van der Waals surface area contributed by atoms with Crippen LogP contribution in [0, 0.1) is 6.92 Å². The largest absolute Gasteiger partial charge is 0.493 e. The van der Waals surface area contributed by atoms with Gasteiger partial charge in [-0.05, 0) is 41.1 Å². The van der Waals surface area contributed by atoms with E-state index in [0.717, 1.165) is 45.8 Å². The molecule has 0 fully saturated rings. The Labute approximate surface area is 198 Å². The molecule has 1 heterocycles. The van der Waals surface area contributed by atoms with Crippen LogP contribution in [0.4, 0.5) is 0 Å². The van der Waals surface area contributed by atoms with E-state index in [1.54, 1.807) is 23.6 Å². The van der Waals surface area contributed by atoms with Crippen LogP contribution in [0.15, 0.2) is 78.0 Å². The van der Waals surface area contributed by atoms with Gasteiger partial charge in [-0.3, -0.25) is 0 Å². The molecule has 0 amide bonds.